The van der Waals surface area contributed by atoms with Gasteiger partial charge < -0.3 is 9.84 Å². The maximum Gasteiger partial charge on any atom is 0.329 e. The first kappa shape index (κ1) is 12.6. The van der Waals surface area contributed by atoms with E-state index in [4.69, 9.17) is 4.74 Å². The lowest BCUT2D eigenvalue weighted by Crippen LogP contribution is -2.44. The fourth-order valence-electron chi connectivity index (χ4n) is 2.25. The lowest BCUT2D eigenvalue weighted by atomic mass is 10.1. The van der Waals surface area contributed by atoms with Gasteiger partial charge in [-0.25, -0.2) is 4.79 Å². The molecule has 1 aromatic rings. The summed E-state index contributed by atoms with van der Waals surface area (Å²) in [5.41, 5.74) is 0.781. The van der Waals surface area contributed by atoms with Gasteiger partial charge in [0.1, 0.15) is 0 Å². The predicted octanol–water partition coefficient (Wildman–Crippen LogP) is 1.41. The molecule has 1 aliphatic heterocycles. The zero-order valence-electron chi connectivity index (χ0n) is 10.2. The monoisotopic (exact) mass is 249 g/mol. The van der Waals surface area contributed by atoms with E-state index in [-0.39, 0.29) is 5.91 Å². The maximum absolute atomic E-state index is 11.7. The van der Waals surface area contributed by atoms with Crippen LogP contribution in [0, 0.1) is 0 Å². The van der Waals surface area contributed by atoms with Gasteiger partial charge in [-0.1, -0.05) is 30.3 Å². The molecule has 1 aromatic carbocycles. The second kappa shape index (κ2) is 4.78. The summed E-state index contributed by atoms with van der Waals surface area (Å²) in [6, 6.07) is 8.21. The molecule has 0 saturated carbocycles. The Bertz CT molecular complexity index is 459. The topological polar surface area (TPSA) is 66.8 Å². The first-order valence-corrected chi connectivity index (χ1v) is 5.74. The number of aliphatic carboxylic acids is 1. The lowest BCUT2D eigenvalue weighted by Gasteiger charge is -2.25. The third-order valence-electron chi connectivity index (χ3n) is 3.04. The lowest BCUT2D eigenvalue weighted by molar-refractivity contribution is -0.149. The first-order chi connectivity index (χ1) is 8.52. The predicted molar refractivity (Wildman–Crippen MR) is 63.7 cm³/mol. The molecule has 1 unspecified atom stereocenters. The summed E-state index contributed by atoms with van der Waals surface area (Å²) in [7, 11) is 0. The average molecular weight is 249 g/mol. The van der Waals surface area contributed by atoms with Gasteiger partial charge in [0.2, 0.25) is 5.91 Å². The summed E-state index contributed by atoms with van der Waals surface area (Å²) >= 11 is 0. The van der Waals surface area contributed by atoms with Crippen LogP contribution in [-0.4, -0.2) is 34.0 Å². The zero-order valence-corrected chi connectivity index (χ0v) is 10.2. The Labute approximate surface area is 105 Å². The molecule has 1 N–H and O–H groups in total. The Hall–Kier alpha value is -1.88. The van der Waals surface area contributed by atoms with E-state index in [1.165, 1.54) is 11.8 Å². The summed E-state index contributed by atoms with van der Waals surface area (Å²) in [6.45, 7) is 3.02. The molecular formula is C13H15NO4. The number of benzene rings is 1. The van der Waals surface area contributed by atoms with Gasteiger partial charge in [-0.3, -0.25) is 9.69 Å². The van der Waals surface area contributed by atoms with Crippen LogP contribution in [0.3, 0.4) is 0 Å². The second-order valence-electron chi connectivity index (χ2n) is 4.31. The Morgan fingerprint density at radius 3 is 2.39 bits per heavy atom. The van der Waals surface area contributed by atoms with Crippen LogP contribution in [0.25, 0.3) is 0 Å². The SMILES string of the molecule is CC(=O)N1C(c2ccccc2)O[C@H](C)[C@H]1C(=O)O. The molecule has 5 nitrogen and oxygen atoms in total. The van der Waals surface area contributed by atoms with E-state index in [1.807, 2.05) is 30.3 Å². The van der Waals surface area contributed by atoms with Crippen molar-refractivity contribution in [1.29, 1.82) is 0 Å². The van der Waals surface area contributed by atoms with Crippen LogP contribution in [0.4, 0.5) is 0 Å². The van der Waals surface area contributed by atoms with Crippen LogP contribution in [0.5, 0.6) is 0 Å². The van der Waals surface area contributed by atoms with E-state index >= 15 is 0 Å². The third-order valence-corrected chi connectivity index (χ3v) is 3.04. The molecule has 1 fully saturated rings. The second-order valence-corrected chi connectivity index (χ2v) is 4.31. The van der Waals surface area contributed by atoms with Crippen LogP contribution in [0.2, 0.25) is 0 Å². The van der Waals surface area contributed by atoms with Crippen molar-refractivity contribution in [3.05, 3.63) is 35.9 Å². The smallest absolute Gasteiger partial charge is 0.329 e. The van der Waals surface area contributed by atoms with Crippen molar-refractivity contribution >= 4 is 11.9 Å². The summed E-state index contributed by atoms with van der Waals surface area (Å²) in [6.07, 6.45) is -1.16. The molecule has 2 rings (SSSR count). The molecule has 18 heavy (non-hydrogen) atoms. The molecule has 5 heteroatoms. The minimum absolute atomic E-state index is 0.305. The van der Waals surface area contributed by atoms with E-state index in [9.17, 15) is 14.7 Å². The molecule has 0 aliphatic carbocycles. The first-order valence-electron chi connectivity index (χ1n) is 5.74. The number of hydrogen-bond acceptors (Lipinski definition) is 3. The van der Waals surface area contributed by atoms with E-state index in [2.05, 4.69) is 0 Å². The van der Waals surface area contributed by atoms with E-state index in [1.54, 1.807) is 6.92 Å². The fourth-order valence-corrected chi connectivity index (χ4v) is 2.25. The molecule has 1 amide bonds. The molecule has 0 spiro atoms. The number of carboxylic acids is 1. The average Bonchev–Trinajstić information content (AvgIpc) is 2.68. The highest BCUT2D eigenvalue weighted by Crippen LogP contribution is 2.34. The summed E-state index contributed by atoms with van der Waals surface area (Å²) in [4.78, 5) is 24.2. The normalized spacial score (nSPS) is 27.2. The van der Waals surface area contributed by atoms with Gasteiger partial charge in [0.05, 0.1) is 6.10 Å². The molecule has 1 heterocycles. The van der Waals surface area contributed by atoms with E-state index < -0.39 is 24.3 Å². The largest absolute Gasteiger partial charge is 0.480 e. The molecule has 96 valence electrons. The summed E-state index contributed by atoms with van der Waals surface area (Å²) in [5.74, 6) is -1.35. The Morgan fingerprint density at radius 1 is 1.28 bits per heavy atom. The molecule has 0 bridgehead atoms. The molecule has 3 atom stereocenters. The van der Waals surface area contributed by atoms with Crippen LogP contribution in [-0.2, 0) is 14.3 Å². The number of rotatable bonds is 2. The minimum atomic E-state index is -1.05. The van der Waals surface area contributed by atoms with Crippen LogP contribution >= 0.6 is 0 Å². The Morgan fingerprint density at radius 2 is 1.89 bits per heavy atom. The quantitative estimate of drug-likeness (QED) is 0.860. The number of nitrogens with zero attached hydrogens (tertiary/aromatic N) is 1. The third kappa shape index (κ3) is 2.09. The number of carbonyl (C=O) groups excluding carboxylic acids is 1. The minimum Gasteiger partial charge on any atom is -0.480 e. The van der Waals surface area contributed by atoms with Crippen molar-refractivity contribution < 1.29 is 19.4 Å². The maximum atomic E-state index is 11.7. The summed E-state index contributed by atoms with van der Waals surface area (Å²) in [5, 5.41) is 9.19. The Kier molecular flexibility index (Phi) is 3.34. The standard InChI is InChI=1S/C13H15NO4/c1-8-11(13(16)17)14(9(2)15)12(18-8)10-6-4-3-5-7-10/h3-8,11-12H,1-2H3,(H,16,17)/t8-,11+,12?/m1/s1. The number of carboxylic acid groups (broad SMARTS) is 1. The van der Waals surface area contributed by atoms with Crippen molar-refractivity contribution in [3.63, 3.8) is 0 Å². The zero-order chi connectivity index (χ0) is 13.3. The van der Waals surface area contributed by atoms with Crippen molar-refractivity contribution in [2.75, 3.05) is 0 Å². The number of amides is 1. The number of ether oxygens (including phenoxy) is 1. The van der Waals surface area contributed by atoms with Crippen LogP contribution in [0.15, 0.2) is 30.3 Å². The van der Waals surface area contributed by atoms with Gasteiger partial charge in [-0.15, -0.1) is 0 Å². The molecule has 1 aliphatic rings. The highest BCUT2D eigenvalue weighted by molar-refractivity contribution is 5.83. The van der Waals surface area contributed by atoms with Crippen molar-refractivity contribution in [1.82, 2.24) is 4.90 Å². The highest BCUT2D eigenvalue weighted by Gasteiger charge is 2.46. The molecule has 0 aromatic heterocycles. The van der Waals surface area contributed by atoms with Crippen molar-refractivity contribution in [2.24, 2.45) is 0 Å². The molecule has 0 radical (unpaired) electrons. The highest BCUT2D eigenvalue weighted by atomic mass is 16.5. The van der Waals surface area contributed by atoms with Crippen LogP contribution in [0.1, 0.15) is 25.6 Å². The van der Waals surface area contributed by atoms with Gasteiger partial charge in [0, 0.05) is 12.5 Å². The van der Waals surface area contributed by atoms with Gasteiger partial charge >= 0.3 is 5.97 Å². The van der Waals surface area contributed by atoms with Crippen molar-refractivity contribution in [2.45, 2.75) is 32.2 Å². The number of hydrogen-bond donors (Lipinski definition) is 1. The van der Waals surface area contributed by atoms with Gasteiger partial charge in [-0.05, 0) is 6.92 Å². The molecular weight excluding hydrogens is 234 g/mol. The van der Waals surface area contributed by atoms with Gasteiger partial charge in [0.15, 0.2) is 12.3 Å². The van der Waals surface area contributed by atoms with Crippen LogP contribution < -0.4 is 0 Å². The number of carbonyl (C=O) groups is 2. The fraction of sp³-hybridized carbons (Fsp3) is 0.385. The van der Waals surface area contributed by atoms with Gasteiger partial charge in [-0.2, -0.15) is 0 Å². The summed E-state index contributed by atoms with van der Waals surface area (Å²) < 4.78 is 5.62. The van der Waals surface area contributed by atoms with Crippen molar-refractivity contribution in [3.8, 4) is 0 Å². The van der Waals surface area contributed by atoms with Gasteiger partial charge in [0.25, 0.3) is 0 Å². The van der Waals surface area contributed by atoms with E-state index in [0.717, 1.165) is 5.56 Å². The Balaban J connectivity index is 2.37. The van der Waals surface area contributed by atoms with E-state index in [0.29, 0.717) is 0 Å². The molecule has 1 saturated heterocycles.